The van der Waals surface area contributed by atoms with Crippen LogP contribution in [0, 0.1) is 0 Å². The number of rotatable bonds is 7. The molecule has 0 aromatic heterocycles. The van der Waals surface area contributed by atoms with Crippen molar-refractivity contribution >= 4 is 15.8 Å². The van der Waals surface area contributed by atoms with Crippen molar-refractivity contribution in [1.29, 1.82) is 0 Å². The lowest BCUT2D eigenvalue weighted by Gasteiger charge is -2.19. The highest BCUT2D eigenvalue weighted by Crippen LogP contribution is 2.12. The Morgan fingerprint density at radius 1 is 1.09 bits per heavy atom. The van der Waals surface area contributed by atoms with Crippen LogP contribution in [0.15, 0.2) is 24.3 Å². The molecule has 0 radical (unpaired) electrons. The number of ether oxygens (including phenoxy) is 2. The van der Waals surface area contributed by atoms with Gasteiger partial charge in [-0.15, -0.1) is 0 Å². The van der Waals surface area contributed by atoms with Gasteiger partial charge in [-0.05, 0) is 38.3 Å². The van der Waals surface area contributed by atoms with Crippen molar-refractivity contribution in [2.45, 2.75) is 38.5 Å². The highest BCUT2D eigenvalue weighted by Gasteiger charge is 2.23. The van der Waals surface area contributed by atoms with Crippen LogP contribution in [0.4, 0.5) is 0 Å². The van der Waals surface area contributed by atoms with E-state index in [4.69, 9.17) is 9.47 Å². The average molecular weight is 328 g/mol. The number of benzene rings is 1. The fraction of sp³-hybridized carbons (Fsp3) is 0.562. The van der Waals surface area contributed by atoms with Gasteiger partial charge in [0.15, 0.2) is 9.84 Å². The predicted octanol–water partition coefficient (Wildman–Crippen LogP) is 2.13. The normalized spacial score (nSPS) is 12.2. The highest BCUT2D eigenvalue weighted by molar-refractivity contribution is 7.91. The van der Waals surface area contributed by atoms with Crippen molar-refractivity contribution in [1.82, 2.24) is 0 Å². The fourth-order valence-corrected chi connectivity index (χ4v) is 3.10. The molecule has 1 aromatic rings. The molecule has 0 unspecified atom stereocenters. The van der Waals surface area contributed by atoms with Gasteiger partial charge in [0.25, 0.3) is 0 Å². The topological polar surface area (TPSA) is 69.7 Å². The summed E-state index contributed by atoms with van der Waals surface area (Å²) in [5.74, 6) is -1.49. The molecular weight excluding hydrogens is 304 g/mol. The molecule has 0 aliphatic heterocycles. The number of carbonyl (C=O) groups is 1. The fourth-order valence-electron chi connectivity index (χ4n) is 1.88. The van der Waals surface area contributed by atoms with Gasteiger partial charge in [-0.2, -0.15) is 0 Å². The predicted molar refractivity (Wildman–Crippen MR) is 85.4 cm³/mol. The van der Waals surface area contributed by atoms with E-state index >= 15 is 0 Å². The molecule has 5 nitrogen and oxygen atoms in total. The van der Waals surface area contributed by atoms with E-state index in [2.05, 4.69) is 0 Å². The lowest BCUT2D eigenvalue weighted by atomic mass is 10.1. The van der Waals surface area contributed by atoms with E-state index in [-0.39, 0.29) is 5.75 Å². The summed E-state index contributed by atoms with van der Waals surface area (Å²) in [7, 11) is -1.90. The van der Waals surface area contributed by atoms with E-state index in [0.717, 1.165) is 12.0 Å². The Morgan fingerprint density at radius 3 is 2.14 bits per heavy atom. The van der Waals surface area contributed by atoms with Gasteiger partial charge >= 0.3 is 5.97 Å². The molecular formula is C16H24O5S. The molecule has 0 saturated heterocycles. The highest BCUT2D eigenvalue weighted by atomic mass is 32.2. The van der Waals surface area contributed by atoms with Gasteiger partial charge in [-0.25, -0.2) is 8.42 Å². The van der Waals surface area contributed by atoms with Gasteiger partial charge in [0.05, 0.1) is 12.4 Å². The minimum Gasteiger partial charge on any atom is -0.459 e. The van der Waals surface area contributed by atoms with Gasteiger partial charge in [-0.1, -0.05) is 24.3 Å². The van der Waals surface area contributed by atoms with Gasteiger partial charge in [0.1, 0.15) is 11.4 Å². The first kappa shape index (κ1) is 18.6. The van der Waals surface area contributed by atoms with Crippen LogP contribution in [0.5, 0.6) is 0 Å². The first-order chi connectivity index (χ1) is 10.1. The molecule has 6 heteroatoms. The Morgan fingerprint density at radius 2 is 1.64 bits per heavy atom. The SMILES string of the molecule is COCCc1ccc(CS(=O)(=O)CC(=O)OC(C)(C)C)cc1. The molecule has 0 amide bonds. The average Bonchev–Trinajstić information content (AvgIpc) is 2.34. The van der Waals surface area contributed by atoms with Crippen LogP contribution in [0.1, 0.15) is 31.9 Å². The Hall–Kier alpha value is -1.40. The van der Waals surface area contributed by atoms with Gasteiger partial charge in [-0.3, -0.25) is 4.79 Å². The largest absolute Gasteiger partial charge is 0.459 e. The molecule has 0 atom stereocenters. The number of carbonyl (C=O) groups excluding carboxylic acids is 1. The molecule has 0 saturated carbocycles. The maximum absolute atomic E-state index is 12.0. The van der Waals surface area contributed by atoms with Crippen LogP contribution in [0.3, 0.4) is 0 Å². The minimum atomic E-state index is -3.54. The number of methoxy groups -OCH3 is 1. The van der Waals surface area contributed by atoms with Crippen molar-refractivity contribution in [3.8, 4) is 0 Å². The standard InChI is InChI=1S/C16H24O5S/c1-16(2,3)21-15(17)12-22(18,19)11-14-7-5-13(6-8-14)9-10-20-4/h5-8H,9-12H2,1-4H3. The first-order valence-corrected chi connectivity index (χ1v) is 8.92. The zero-order chi connectivity index (χ0) is 16.8. The maximum Gasteiger partial charge on any atom is 0.321 e. The van der Waals surface area contributed by atoms with Crippen LogP contribution in [-0.4, -0.2) is 39.5 Å². The van der Waals surface area contributed by atoms with Crippen LogP contribution >= 0.6 is 0 Å². The lowest BCUT2D eigenvalue weighted by Crippen LogP contribution is -2.29. The summed E-state index contributed by atoms with van der Waals surface area (Å²) in [5, 5.41) is 0. The number of esters is 1. The zero-order valence-electron chi connectivity index (χ0n) is 13.6. The second-order valence-electron chi connectivity index (χ2n) is 6.18. The summed E-state index contributed by atoms with van der Waals surface area (Å²) in [6.45, 7) is 5.74. The van der Waals surface area contributed by atoms with Crippen molar-refractivity contribution in [3.05, 3.63) is 35.4 Å². The summed E-state index contributed by atoms with van der Waals surface area (Å²) < 4.78 is 34.1. The molecule has 0 heterocycles. The second-order valence-corrected chi connectivity index (χ2v) is 8.24. The molecule has 0 bridgehead atoms. The lowest BCUT2D eigenvalue weighted by molar-refractivity contribution is -0.151. The third kappa shape index (κ3) is 7.56. The van der Waals surface area contributed by atoms with Crippen LogP contribution < -0.4 is 0 Å². The molecule has 0 spiro atoms. The van der Waals surface area contributed by atoms with Gasteiger partial charge < -0.3 is 9.47 Å². The number of hydrogen-bond donors (Lipinski definition) is 0. The Bertz CT molecular complexity index is 582. The number of sulfone groups is 1. The van der Waals surface area contributed by atoms with Gasteiger partial charge in [0, 0.05) is 7.11 Å². The Balaban J connectivity index is 2.62. The van der Waals surface area contributed by atoms with Crippen molar-refractivity contribution < 1.29 is 22.7 Å². The third-order valence-corrected chi connectivity index (χ3v) is 4.21. The summed E-state index contributed by atoms with van der Waals surface area (Å²) in [6, 6.07) is 7.27. The summed E-state index contributed by atoms with van der Waals surface area (Å²) in [5.41, 5.74) is 1.05. The van der Waals surface area contributed by atoms with Gasteiger partial charge in [0.2, 0.25) is 0 Å². The van der Waals surface area contributed by atoms with E-state index in [0.29, 0.717) is 12.2 Å². The summed E-state index contributed by atoms with van der Waals surface area (Å²) in [4.78, 5) is 11.6. The van der Waals surface area contributed by atoms with E-state index in [1.165, 1.54) is 0 Å². The van der Waals surface area contributed by atoms with E-state index < -0.39 is 27.2 Å². The monoisotopic (exact) mass is 328 g/mol. The molecule has 124 valence electrons. The van der Waals surface area contributed by atoms with Crippen molar-refractivity contribution in [3.63, 3.8) is 0 Å². The first-order valence-electron chi connectivity index (χ1n) is 7.10. The molecule has 1 aromatic carbocycles. The zero-order valence-corrected chi connectivity index (χ0v) is 14.4. The van der Waals surface area contributed by atoms with Crippen molar-refractivity contribution in [2.75, 3.05) is 19.5 Å². The third-order valence-electron chi connectivity index (χ3n) is 2.76. The smallest absolute Gasteiger partial charge is 0.321 e. The van der Waals surface area contributed by atoms with E-state index in [9.17, 15) is 13.2 Å². The van der Waals surface area contributed by atoms with Crippen LogP contribution in [0.25, 0.3) is 0 Å². The number of hydrogen-bond acceptors (Lipinski definition) is 5. The van der Waals surface area contributed by atoms with Crippen molar-refractivity contribution in [2.24, 2.45) is 0 Å². The van der Waals surface area contributed by atoms with E-state index in [1.54, 1.807) is 40.0 Å². The molecule has 0 N–H and O–H groups in total. The van der Waals surface area contributed by atoms with E-state index in [1.807, 2.05) is 12.1 Å². The van der Waals surface area contributed by atoms with Crippen LogP contribution in [-0.2, 0) is 36.3 Å². The summed E-state index contributed by atoms with van der Waals surface area (Å²) in [6.07, 6.45) is 0.779. The molecule has 0 aliphatic carbocycles. The molecule has 1 rings (SSSR count). The quantitative estimate of drug-likeness (QED) is 0.717. The second kappa shape index (κ2) is 7.74. The molecule has 22 heavy (non-hydrogen) atoms. The summed E-state index contributed by atoms with van der Waals surface area (Å²) >= 11 is 0. The minimum absolute atomic E-state index is 0.170. The Labute approximate surface area is 132 Å². The maximum atomic E-state index is 12.0. The molecule has 0 aliphatic rings. The van der Waals surface area contributed by atoms with Crippen LogP contribution in [0.2, 0.25) is 0 Å². The molecule has 0 fully saturated rings. The Kier molecular flexibility index (Phi) is 6.56.